The predicted molar refractivity (Wildman–Crippen MR) is 82.6 cm³/mol. The molecule has 1 aromatic heterocycles. The lowest BCUT2D eigenvalue weighted by atomic mass is 10.2. The lowest BCUT2D eigenvalue weighted by Gasteiger charge is -2.27. The summed E-state index contributed by atoms with van der Waals surface area (Å²) in [7, 11) is 4.21. The van der Waals surface area contributed by atoms with Crippen LogP contribution in [0.3, 0.4) is 0 Å². The Morgan fingerprint density at radius 1 is 1.21 bits per heavy atom. The summed E-state index contributed by atoms with van der Waals surface area (Å²) in [6.07, 6.45) is 2.85. The van der Waals surface area contributed by atoms with Gasteiger partial charge in [-0.2, -0.15) is 0 Å². The summed E-state index contributed by atoms with van der Waals surface area (Å²) in [4.78, 5) is 9.14. The summed E-state index contributed by atoms with van der Waals surface area (Å²) in [6.45, 7) is 8.25. The van der Waals surface area contributed by atoms with Gasteiger partial charge in [0.25, 0.3) is 0 Å². The normalized spacial score (nSPS) is 11.3. The fourth-order valence-electron chi connectivity index (χ4n) is 1.98. The average Bonchev–Trinajstić information content (AvgIpc) is 2.35. The van der Waals surface area contributed by atoms with E-state index >= 15 is 0 Å². The number of rotatable bonds is 8. The minimum Gasteiger partial charge on any atom is -0.355 e. The number of pyridine rings is 1. The van der Waals surface area contributed by atoms with E-state index in [1.54, 1.807) is 0 Å². The molecule has 1 heterocycles. The Labute approximate surface area is 117 Å². The van der Waals surface area contributed by atoms with E-state index in [1.807, 2.05) is 6.20 Å². The molecule has 4 nitrogen and oxygen atoms in total. The molecule has 0 aliphatic rings. The number of hydrogen-bond acceptors (Lipinski definition) is 4. The van der Waals surface area contributed by atoms with Crippen molar-refractivity contribution < 1.29 is 0 Å². The van der Waals surface area contributed by atoms with Gasteiger partial charge >= 0.3 is 0 Å². The van der Waals surface area contributed by atoms with E-state index in [-0.39, 0.29) is 0 Å². The minimum atomic E-state index is 0.632. The largest absolute Gasteiger partial charge is 0.355 e. The van der Waals surface area contributed by atoms with Gasteiger partial charge in [-0.1, -0.05) is 19.9 Å². The highest BCUT2D eigenvalue weighted by molar-refractivity contribution is 5.39. The molecule has 0 saturated heterocycles. The summed E-state index contributed by atoms with van der Waals surface area (Å²) in [6, 6.07) is 4.25. The Kier molecular flexibility index (Phi) is 6.81. The first-order valence-corrected chi connectivity index (χ1v) is 7.07. The molecule has 4 heteroatoms. The third kappa shape index (κ3) is 6.03. The Morgan fingerprint density at radius 2 is 1.95 bits per heavy atom. The lowest BCUT2D eigenvalue weighted by Crippen LogP contribution is -2.34. The molecule has 0 amide bonds. The van der Waals surface area contributed by atoms with Crippen molar-refractivity contribution in [1.29, 1.82) is 0 Å². The fourth-order valence-corrected chi connectivity index (χ4v) is 1.98. The first-order valence-electron chi connectivity index (χ1n) is 7.07. The molecule has 2 N–H and O–H groups in total. The van der Waals surface area contributed by atoms with Crippen LogP contribution in [0.1, 0.15) is 19.4 Å². The first kappa shape index (κ1) is 15.9. The van der Waals surface area contributed by atoms with Gasteiger partial charge in [0.15, 0.2) is 0 Å². The topological polar surface area (TPSA) is 45.4 Å². The van der Waals surface area contributed by atoms with E-state index in [0.717, 1.165) is 31.9 Å². The minimum absolute atomic E-state index is 0.632. The highest BCUT2D eigenvalue weighted by Crippen LogP contribution is 2.13. The molecule has 0 saturated carbocycles. The molecule has 0 aromatic carbocycles. The molecule has 0 atom stereocenters. The number of likely N-dealkylation sites (N-methyl/N-ethyl adjacent to an activating group) is 1. The quantitative estimate of drug-likeness (QED) is 0.775. The molecule has 19 heavy (non-hydrogen) atoms. The van der Waals surface area contributed by atoms with Crippen molar-refractivity contribution in [3.63, 3.8) is 0 Å². The van der Waals surface area contributed by atoms with Crippen LogP contribution >= 0.6 is 0 Å². The second-order valence-electron chi connectivity index (χ2n) is 5.71. The van der Waals surface area contributed by atoms with Gasteiger partial charge in [-0.25, -0.2) is 4.98 Å². The second-order valence-corrected chi connectivity index (χ2v) is 5.71. The van der Waals surface area contributed by atoms with E-state index in [1.165, 1.54) is 5.56 Å². The summed E-state index contributed by atoms with van der Waals surface area (Å²) >= 11 is 0. The Balaban J connectivity index is 2.72. The van der Waals surface area contributed by atoms with Crippen LogP contribution in [0.2, 0.25) is 0 Å². The lowest BCUT2D eigenvalue weighted by molar-refractivity contribution is 0.408. The van der Waals surface area contributed by atoms with Gasteiger partial charge in [-0.3, -0.25) is 0 Å². The van der Waals surface area contributed by atoms with Crippen LogP contribution in [-0.4, -0.2) is 50.2 Å². The molecule has 0 spiro atoms. The Hall–Kier alpha value is -1.13. The maximum absolute atomic E-state index is 5.56. The second kappa shape index (κ2) is 8.12. The highest BCUT2D eigenvalue weighted by atomic mass is 15.2. The Bertz CT molecular complexity index is 346. The molecule has 0 aliphatic heterocycles. The van der Waals surface area contributed by atoms with Crippen molar-refractivity contribution in [1.82, 2.24) is 9.88 Å². The average molecular weight is 264 g/mol. The smallest absolute Gasteiger partial charge is 0.128 e. The van der Waals surface area contributed by atoms with Gasteiger partial charge in [-0.05, 0) is 44.6 Å². The third-order valence-corrected chi connectivity index (χ3v) is 2.97. The molecule has 0 aliphatic carbocycles. The van der Waals surface area contributed by atoms with Crippen molar-refractivity contribution in [2.75, 3.05) is 45.2 Å². The molecule has 0 bridgehead atoms. The number of aromatic nitrogens is 1. The van der Waals surface area contributed by atoms with Crippen molar-refractivity contribution >= 4 is 5.82 Å². The summed E-state index contributed by atoms with van der Waals surface area (Å²) < 4.78 is 0. The van der Waals surface area contributed by atoms with Gasteiger partial charge in [-0.15, -0.1) is 0 Å². The zero-order chi connectivity index (χ0) is 14.3. The van der Waals surface area contributed by atoms with Crippen LogP contribution in [0.4, 0.5) is 5.82 Å². The van der Waals surface area contributed by atoms with Crippen LogP contribution in [0.25, 0.3) is 0 Å². The van der Waals surface area contributed by atoms with Gasteiger partial charge in [0.2, 0.25) is 0 Å². The zero-order valence-corrected chi connectivity index (χ0v) is 12.8. The molecule has 108 valence electrons. The van der Waals surface area contributed by atoms with Crippen LogP contribution in [0.5, 0.6) is 0 Å². The fraction of sp³-hybridized carbons (Fsp3) is 0.667. The van der Waals surface area contributed by atoms with Gasteiger partial charge in [0, 0.05) is 25.8 Å². The summed E-state index contributed by atoms with van der Waals surface area (Å²) in [5.74, 6) is 1.70. The predicted octanol–water partition coefficient (Wildman–Crippen LogP) is 1.61. The van der Waals surface area contributed by atoms with E-state index < -0.39 is 0 Å². The van der Waals surface area contributed by atoms with E-state index in [9.17, 15) is 0 Å². The monoisotopic (exact) mass is 264 g/mol. The molecule has 1 aromatic rings. The van der Waals surface area contributed by atoms with Crippen LogP contribution in [-0.2, 0) is 6.42 Å². The molecule has 0 radical (unpaired) electrons. The SMILES string of the molecule is CC(C)CN(CCN(C)C)c1ccc(CCN)cn1. The van der Waals surface area contributed by atoms with E-state index in [0.29, 0.717) is 12.5 Å². The molecule has 0 unspecified atom stereocenters. The van der Waals surface area contributed by atoms with Crippen molar-refractivity contribution in [2.24, 2.45) is 11.7 Å². The maximum Gasteiger partial charge on any atom is 0.128 e. The summed E-state index contributed by atoms with van der Waals surface area (Å²) in [5, 5.41) is 0. The summed E-state index contributed by atoms with van der Waals surface area (Å²) in [5.41, 5.74) is 6.77. The third-order valence-electron chi connectivity index (χ3n) is 2.97. The highest BCUT2D eigenvalue weighted by Gasteiger charge is 2.10. The number of anilines is 1. The van der Waals surface area contributed by atoms with Crippen LogP contribution < -0.4 is 10.6 Å². The van der Waals surface area contributed by atoms with Crippen molar-refractivity contribution in [3.05, 3.63) is 23.9 Å². The van der Waals surface area contributed by atoms with Gasteiger partial charge in [0.1, 0.15) is 5.82 Å². The van der Waals surface area contributed by atoms with Crippen molar-refractivity contribution in [2.45, 2.75) is 20.3 Å². The number of nitrogens with zero attached hydrogens (tertiary/aromatic N) is 3. The number of nitrogens with two attached hydrogens (primary N) is 1. The zero-order valence-electron chi connectivity index (χ0n) is 12.8. The van der Waals surface area contributed by atoms with E-state index in [4.69, 9.17) is 5.73 Å². The van der Waals surface area contributed by atoms with Crippen molar-refractivity contribution in [3.8, 4) is 0 Å². The Morgan fingerprint density at radius 3 is 2.42 bits per heavy atom. The van der Waals surface area contributed by atoms with E-state index in [2.05, 4.69) is 54.9 Å². The molecule has 1 rings (SSSR count). The van der Waals surface area contributed by atoms with Crippen LogP contribution in [0, 0.1) is 5.92 Å². The molecule has 0 fully saturated rings. The maximum atomic E-state index is 5.56. The molecular formula is C15H28N4. The first-order chi connectivity index (χ1) is 9.02. The van der Waals surface area contributed by atoms with Crippen LogP contribution in [0.15, 0.2) is 18.3 Å². The van der Waals surface area contributed by atoms with Gasteiger partial charge in [0.05, 0.1) is 0 Å². The number of hydrogen-bond donors (Lipinski definition) is 1. The standard InChI is InChI=1S/C15H28N4/c1-13(2)12-19(10-9-18(3)4)15-6-5-14(7-8-16)11-17-15/h5-6,11,13H,7-10,12,16H2,1-4H3. The molecular weight excluding hydrogens is 236 g/mol. The van der Waals surface area contributed by atoms with Gasteiger partial charge < -0.3 is 15.5 Å².